The SMILES string of the molecule is O=[N+]([O-])c1ccc(Oc2cccc(C3CCc4cc(Oc5ccc([N+](=O)[O-])cn5)ccc4O3)c2)nc1. The van der Waals surface area contributed by atoms with E-state index in [2.05, 4.69) is 9.97 Å². The van der Waals surface area contributed by atoms with Gasteiger partial charge >= 0.3 is 0 Å². The minimum absolute atomic E-state index is 0.106. The maximum atomic E-state index is 10.8. The van der Waals surface area contributed by atoms with E-state index >= 15 is 0 Å². The monoisotopic (exact) mass is 486 g/mol. The molecular formula is C25H18N4O7. The van der Waals surface area contributed by atoms with Crippen LogP contribution in [0.1, 0.15) is 23.7 Å². The molecule has 180 valence electrons. The molecule has 0 aliphatic carbocycles. The number of aryl methyl sites for hydroxylation is 1. The number of fused-ring (bicyclic) bond motifs is 1. The van der Waals surface area contributed by atoms with Gasteiger partial charge in [-0.1, -0.05) is 12.1 Å². The molecule has 2 aromatic carbocycles. The summed E-state index contributed by atoms with van der Waals surface area (Å²) in [6, 6.07) is 18.5. The van der Waals surface area contributed by atoms with Gasteiger partial charge in [0.1, 0.15) is 35.7 Å². The zero-order valence-corrected chi connectivity index (χ0v) is 18.6. The van der Waals surface area contributed by atoms with Crippen LogP contribution in [0.3, 0.4) is 0 Å². The Bertz CT molecular complexity index is 1430. The number of aromatic nitrogens is 2. The lowest BCUT2D eigenvalue weighted by atomic mass is 9.97. The van der Waals surface area contributed by atoms with Crippen LogP contribution in [-0.2, 0) is 6.42 Å². The fraction of sp³-hybridized carbons (Fsp3) is 0.120. The van der Waals surface area contributed by atoms with Crippen molar-refractivity contribution >= 4 is 11.4 Å². The second-order valence-electron chi connectivity index (χ2n) is 7.91. The summed E-state index contributed by atoms with van der Waals surface area (Å²) in [6.07, 6.45) is 3.59. The van der Waals surface area contributed by atoms with E-state index < -0.39 is 9.85 Å². The lowest BCUT2D eigenvalue weighted by molar-refractivity contribution is -0.385. The summed E-state index contributed by atoms with van der Waals surface area (Å²) >= 11 is 0. The Balaban J connectivity index is 1.26. The van der Waals surface area contributed by atoms with Crippen LogP contribution in [0, 0.1) is 20.2 Å². The summed E-state index contributed by atoms with van der Waals surface area (Å²) in [6.45, 7) is 0. The summed E-state index contributed by atoms with van der Waals surface area (Å²) in [4.78, 5) is 28.5. The molecule has 0 radical (unpaired) electrons. The van der Waals surface area contributed by atoms with Gasteiger partial charge in [0, 0.05) is 24.3 Å². The molecule has 2 aromatic heterocycles. The average Bonchev–Trinajstić information content (AvgIpc) is 2.89. The van der Waals surface area contributed by atoms with Gasteiger partial charge in [-0.3, -0.25) is 20.2 Å². The van der Waals surface area contributed by atoms with Gasteiger partial charge in [0.15, 0.2) is 0 Å². The first-order chi connectivity index (χ1) is 17.4. The van der Waals surface area contributed by atoms with E-state index in [1.54, 1.807) is 12.1 Å². The standard InChI is InChI=1S/C25H18N4O7/c30-28(31)18-5-10-24(26-14-18)34-20-3-1-2-16(12-20)22-8-4-17-13-21(7-9-23(17)36-22)35-25-11-6-19(15-27-25)29(32)33/h1-3,5-7,9-15,22H,4,8H2. The highest BCUT2D eigenvalue weighted by Crippen LogP contribution is 2.38. The molecule has 0 fully saturated rings. The van der Waals surface area contributed by atoms with Crippen molar-refractivity contribution in [3.05, 3.63) is 110 Å². The van der Waals surface area contributed by atoms with Crippen LogP contribution in [0.2, 0.25) is 0 Å². The van der Waals surface area contributed by atoms with Gasteiger partial charge in [-0.2, -0.15) is 0 Å². The van der Waals surface area contributed by atoms with Gasteiger partial charge in [-0.25, -0.2) is 9.97 Å². The number of rotatable bonds is 7. The summed E-state index contributed by atoms with van der Waals surface area (Å²) < 4.78 is 17.7. The van der Waals surface area contributed by atoms with Gasteiger partial charge in [0.05, 0.1) is 9.85 Å². The Labute approximate surface area is 204 Å². The number of pyridine rings is 2. The van der Waals surface area contributed by atoms with E-state index in [1.165, 1.54) is 24.3 Å². The normalized spacial score (nSPS) is 14.3. The second-order valence-corrected chi connectivity index (χ2v) is 7.91. The van der Waals surface area contributed by atoms with Crippen molar-refractivity contribution < 1.29 is 24.1 Å². The Hall–Kier alpha value is -5.06. The molecule has 0 saturated carbocycles. The number of hydrogen-bond donors (Lipinski definition) is 0. The number of hydrogen-bond acceptors (Lipinski definition) is 9. The molecule has 0 bridgehead atoms. The van der Waals surface area contributed by atoms with Crippen LogP contribution in [0.15, 0.2) is 79.1 Å². The Morgan fingerprint density at radius 3 is 2.03 bits per heavy atom. The largest absolute Gasteiger partial charge is 0.485 e. The quantitative estimate of drug-likeness (QED) is 0.229. The van der Waals surface area contributed by atoms with E-state index in [0.717, 1.165) is 42.1 Å². The fourth-order valence-electron chi connectivity index (χ4n) is 3.76. The number of nitro groups is 2. The first kappa shape index (κ1) is 22.7. The van der Waals surface area contributed by atoms with Gasteiger partial charge < -0.3 is 14.2 Å². The van der Waals surface area contributed by atoms with Crippen LogP contribution in [-0.4, -0.2) is 19.8 Å². The predicted octanol–water partition coefficient (Wildman–Crippen LogP) is 5.94. The van der Waals surface area contributed by atoms with E-state index in [1.807, 2.05) is 30.3 Å². The van der Waals surface area contributed by atoms with E-state index in [9.17, 15) is 20.2 Å². The molecule has 0 amide bonds. The first-order valence-corrected chi connectivity index (χ1v) is 10.9. The third-order valence-corrected chi connectivity index (χ3v) is 5.51. The molecule has 5 rings (SSSR count). The van der Waals surface area contributed by atoms with Gasteiger partial charge in [-0.05, 0) is 54.3 Å². The molecule has 3 heterocycles. The van der Waals surface area contributed by atoms with Crippen LogP contribution >= 0.6 is 0 Å². The van der Waals surface area contributed by atoms with E-state index in [-0.39, 0.29) is 29.2 Å². The van der Waals surface area contributed by atoms with Crippen LogP contribution in [0.4, 0.5) is 11.4 Å². The minimum Gasteiger partial charge on any atom is -0.485 e. The molecule has 11 nitrogen and oxygen atoms in total. The number of ether oxygens (including phenoxy) is 3. The molecule has 0 N–H and O–H groups in total. The zero-order chi connectivity index (χ0) is 25.1. The predicted molar refractivity (Wildman–Crippen MR) is 127 cm³/mol. The smallest absolute Gasteiger partial charge is 0.287 e. The highest BCUT2D eigenvalue weighted by molar-refractivity contribution is 5.44. The maximum absolute atomic E-state index is 10.8. The van der Waals surface area contributed by atoms with Gasteiger partial charge in [0.2, 0.25) is 11.8 Å². The van der Waals surface area contributed by atoms with E-state index in [4.69, 9.17) is 14.2 Å². The highest BCUT2D eigenvalue weighted by Gasteiger charge is 2.22. The van der Waals surface area contributed by atoms with Crippen LogP contribution < -0.4 is 14.2 Å². The Morgan fingerprint density at radius 2 is 1.44 bits per heavy atom. The van der Waals surface area contributed by atoms with Crippen molar-refractivity contribution in [2.45, 2.75) is 18.9 Å². The van der Waals surface area contributed by atoms with E-state index in [0.29, 0.717) is 11.5 Å². The minimum atomic E-state index is -0.517. The number of benzene rings is 2. The molecule has 36 heavy (non-hydrogen) atoms. The fourth-order valence-corrected chi connectivity index (χ4v) is 3.76. The molecule has 1 atom stereocenters. The molecular weight excluding hydrogens is 468 g/mol. The third kappa shape index (κ3) is 5.04. The second kappa shape index (κ2) is 9.66. The van der Waals surface area contributed by atoms with Crippen molar-refractivity contribution in [1.29, 1.82) is 0 Å². The molecule has 11 heteroatoms. The van der Waals surface area contributed by atoms with Gasteiger partial charge in [-0.15, -0.1) is 0 Å². The zero-order valence-electron chi connectivity index (χ0n) is 18.6. The third-order valence-electron chi connectivity index (χ3n) is 5.51. The first-order valence-electron chi connectivity index (χ1n) is 10.9. The van der Waals surface area contributed by atoms with Crippen molar-refractivity contribution in [3.63, 3.8) is 0 Å². The lowest BCUT2D eigenvalue weighted by Crippen LogP contribution is -2.15. The molecule has 1 aliphatic rings. The summed E-state index contributed by atoms with van der Waals surface area (Å²) in [5.41, 5.74) is 1.69. The average molecular weight is 486 g/mol. The highest BCUT2D eigenvalue weighted by atomic mass is 16.6. The van der Waals surface area contributed by atoms with Crippen molar-refractivity contribution in [3.8, 4) is 29.0 Å². The Morgan fingerprint density at radius 1 is 0.806 bits per heavy atom. The number of nitrogens with zero attached hydrogens (tertiary/aromatic N) is 4. The summed E-state index contributed by atoms with van der Waals surface area (Å²) in [5, 5.41) is 21.6. The van der Waals surface area contributed by atoms with Crippen molar-refractivity contribution in [2.75, 3.05) is 0 Å². The van der Waals surface area contributed by atoms with Gasteiger partial charge in [0.25, 0.3) is 11.4 Å². The summed E-state index contributed by atoms with van der Waals surface area (Å²) in [7, 11) is 0. The van der Waals surface area contributed by atoms with Crippen LogP contribution in [0.5, 0.6) is 29.0 Å². The Kier molecular flexibility index (Phi) is 6.10. The molecule has 0 spiro atoms. The van der Waals surface area contributed by atoms with Crippen LogP contribution in [0.25, 0.3) is 0 Å². The lowest BCUT2D eigenvalue weighted by Gasteiger charge is -2.27. The van der Waals surface area contributed by atoms with Crippen molar-refractivity contribution in [2.24, 2.45) is 0 Å². The molecule has 0 saturated heterocycles. The summed E-state index contributed by atoms with van der Waals surface area (Å²) in [5.74, 6) is 2.35. The maximum Gasteiger partial charge on any atom is 0.287 e. The molecule has 1 aliphatic heterocycles. The van der Waals surface area contributed by atoms with Crippen molar-refractivity contribution in [1.82, 2.24) is 9.97 Å². The topological polar surface area (TPSA) is 140 Å². The molecule has 1 unspecified atom stereocenters. The molecule has 4 aromatic rings.